The van der Waals surface area contributed by atoms with Gasteiger partial charge in [-0.1, -0.05) is 33.1 Å². The van der Waals surface area contributed by atoms with E-state index in [1.54, 1.807) is 0 Å². The second-order valence-corrected chi connectivity index (χ2v) is 8.76. The summed E-state index contributed by atoms with van der Waals surface area (Å²) in [4.78, 5) is 1.47. The van der Waals surface area contributed by atoms with Crippen LogP contribution in [0.4, 0.5) is 0 Å². The van der Waals surface area contributed by atoms with E-state index in [1.165, 1.54) is 45.2 Å². The lowest BCUT2D eigenvalue weighted by Crippen LogP contribution is -2.31. The van der Waals surface area contributed by atoms with E-state index in [9.17, 15) is 0 Å². The standard InChI is InChI=1S/C15H23Br2NS/c1-3-10-6-5-7-11(8-10)14(18-4-2)13-9-12(16)15(17)19-13/h9-11,14,18H,3-8H2,1-2H3. The number of hydrogen-bond acceptors (Lipinski definition) is 2. The summed E-state index contributed by atoms with van der Waals surface area (Å²) < 4.78 is 2.41. The Morgan fingerprint density at radius 1 is 1.37 bits per heavy atom. The van der Waals surface area contributed by atoms with Crippen molar-refractivity contribution in [1.29, 1.82) is 0 Å². The summed E-state index contributed by atoms with van der Waals surface area (Å²) in [6, 6.07) is 2.82. The Kier molecular flexibility index (Phi) is 6.38. The highest BCUT2D eigenvalue weighted by atomic mass is 79.9. The fourth-order valence-electron chi connectivity index (χ4n) is 3.24. The van der Waals surface area contributed by atoms with E-state index < -0.39 is 0 Å². The third-order valence-corrected chi connectivity index (χ3v) is 7.61. The number of thiophene rings is 1. The highest BCUT2D eigenvalue weighted by Crippen LogP contribution is 2.43. The molecule has 0 bridgehead atoms. The molecular formula is C15H23Br2NS. The maximum atomic E-state index is 3.72. The van der Waals surface area contributed by atoms with Gasteiger partial charge < -0.3 is 5.32 Å². The molecule has 0 saturated heterocycles. The number of hydrogen-bond donors (Lipinski definition) is 1. The molecule has 19 heavy (non-hydrogen) atoms. The molecule has 1 aromatic heterocycles. The van der Waals surface area contributed by atoms with Gasteiger partial charge in [-0.3, -0.25) is 0 Å². The van der Waals surface area contributed by atoms with Crippen molar-refractivity contribution >= 4 is 43.2 Å². The molecule has 1 N–H and O–H groups in total. The van der Waals surface area contributed by atoms with Crippen LogP contribution in [0.1, 0.15) is 56.9 Å². The molecule has 0 aliphatic heterocycles. The van der Waals surface area contributed by atoms with Crippen LogP contribution in [0, 0.1) is 11.8 Å². The lowest BCUT2D eigenvalue weighted by Gasteiger charge is -2.34. The zero-order chi connectivity index (χ0) is 13.8. The second kappa shape index (κ2) is 7.58. The Bertz CT molecular complexity index is 385. The molecule has 4 heteroatoms. The van der Waals surface area contributed by atoms with E-state index in [0.717, 1.165) is 18.4 Å². The normalized spacial score (nSPS) is 25.5. The number of rotatable bonds is 5. The third kappa shape index (κ3) is 4.05. The quantitative estimate of drug-likeness (QED) is 0.616. The summed E-state index contributed by atoms with van der Waals surface area (Å²) in [5.41, 5.74) is 0. The van der Waals surface area contributed by atoms with Crippen LogP contribution in [0.3, 0.4) is 0 Å². The minimum Gasteiger partial charge on any atom is -0.309 e. The van der Waals surface area contributed by atoms with Gasteiger partial charge in [-0.15, -0.1) is 11.3 Å². The Balaban J connectivity index is 2.14. The van der Waals surface area contributed by atoms with Crippen molar-refractivity contribution in [2.45, 2.75) is 52.0 Å². The van der Waals surface area contributed by atoms with Gasteiger partial charge in [-0.25, -0.2) is 0 Å². The average molecular weight is 409 g/mol. The summed E-state index contributed by atoms with van der Waals surface area (Å²) in [6.45, 7) is 5.60. The summed E-state index contributed by atoms with van der Waals surface area (Å²) >= 11 is 9.12. The fraction of sp³-hybridized carbons (Fsp3) is 0.733. The van der Waals surface area contributed by atoms with Crippen molar-refractivity contribution in [2.24, 2.45) is 11.8 Å². The molecule has 108 valence electrons. The first kappa shape index (κ1) is 16.0. The molecule has 1 fully saturated rings. The van der Waals surface area contributed by atoms with Gasteiger partial charge in [0.1, 0.15) is 0 Å². The van der Waals surface area contributed by atoms with Gasteiger partial charge in [-0.2, -0.15) is 0 Å². The Morgan fingerprint density at radius 2 is 2.16 bits per heavy atom. The van der Waals surface area contributed by atoms with Crippen LogP contribution >= 0.6 is 43.2 Å². The zero-order valence-electron chi connectivity index (χ0n) is 11.7. The zero-order valence-corrected chi connectivity index (χ0v) is 15.7. The largest absolute Gasteiger partial charge is 0.309 e. The topological polar surface area (TPSA) is 12.0 Å². The molecule has 1 aliphatic rings. The Morgan fingerprint density at radius 3 is 2.74 bits per heavy atom. The predicted octanol–water partition coefficient (Wildman–Crippen LogP) is 6.14. The van der Waals surface area contributed by atoms with Crippen molar-refractivity contribution in [2.75, 3.05) is 6.54 Å². The lowest BCUT2D eigenvalue weighted by molar-refractivity contribution is 0.212. The molecule has 1 aliphatic carbocycles. The number of nitrogens with one attached hydrogen (secondary N) is 1. The number of halogens is 2. The van der Waals surface area contributed by atoms with Crippen molar-refractivity contribution in [3.05, 3.63) is 19.2 Å². The smallest absolute Gasteiger partial charge is 0.0843 e. The van der Waals surface area contributed by atoms with Crippen molar-refractivity contribution in [3.8, 4) is 0 Å². The van der Waals surface area contributed by atoms with Gasteiger partial charge in [-0.05, 0) is 69.1 Å². The van der Waals surface area contributed by atoms with Crippen LogP contribution in [0.5, 0.6) is 0 Å². The maximum absolute atomic E-state index is 3.72. The van der Waals surface area contributed by atoms with E-state index in [-0.39, 0.29) is 0 Å². The first-order valence-corrected chi connectivity index (χ1v) is 9.74. The lowest BCUT2D eigenvalue weighted by atomic mass is 9.76. The van der Waals surface area contributed by atoms with Crippen LogP contribution in [-0.4, -0.2) is 6.54 Å². The SMILES string of the molecule is CCNC(c1cc(Br)c(Br)s1)C1CCCC(CC)C1. The van der Waals surface area contributed by atoms with Crippen LogP contribution < -0.4 is 5.32 Å². The molecule has 1 aromatic rings. The minimum absolute atomic E-state index is 0.534. The highest BCUT2D eigenvalue weighted by molar-refractivity contribution is 9.13. The van der Waals surface area contributed by atoms with Crippen LogP contribution in [0.15, 0.2) is 14.3 Å². The van der Waals surface area contributed by atoms with Gasteiger partial charge in [0.05, 0.1) is 3.79 Å². The maximum Gasteiger partial charge on any atom is 0.0843 e. The van der Waals surface area contributed by atoms with E-state index in [2.05, 4.69) is 57.1 Å². The van der Waals surface area contributed by atoms with Gasteiger partial charge in [0.25, 0.3) is 0 Å². The molecule has 3 unspecified atom stereocenters. The van der Waals surface area contributed by atoms with Crippen molar-refractivity contribution < 1.29 is 0 Å². The second-order valence-electron chi connectivity index (χ2n) is 5.51. The van der Waals surface area contributed by atoms with Gasteiger partial charge >= 0.3 is 0 Å². The molecule has 2 rings (SSSR count). The molecule has 0 amide bonds. The van der Waals surface area contributed by atoms with E-state index >= 15 is 0 Å². The predicted molar refractivity (Wildman–Crippen MR) is 91.9 cm³/mol. The molecule has 1 saturated carbocycles. The van der Waals surface area contributed by atoms with Crippen molar-refractivity contribution in [1.82, 2.24) is 5.32 Å². The van der Waals surface area contributed by atoms with Crippen LogP contribution in [-0.2, 0) is 0 Å². The van der Waals surface area contributed by atoms with Crippen molar-refractivity contribution in [3.63, 3.8) is 0 Å². The summed E-state index contributed by atoms with van der Waals surface area (Å²) in [5, 5.41) is 3.72. The summed E-state index contributed by atoms with van der Waals surface area (Å²) in [7, 11) is 0. The van der Waals surface area contributed by atoms with Gasteiger partial charge in [0, 0.05) is 15.4 Å². The fourth-order valence-corrected chi connectivity index (χ4v) is 5.50. The van der Waals surface area contributed by atoms with Gasteiger partial charge in [0.2, 0.25) is 0 Å². The van der Waals surface area contributed by atoms with E-state index in [0.29, 0.717) is 6.04 Å². The van der Waals surface area contributed by atoms with E-state index in [4.69, 9.17) is 0 Å². The Labute approximate surface area is 137 Å². The monoisotopic (exact) mass is 407 g/mol. The molecule has 0 radical (unpaired) electrons. The first-order chi connectivity index (χ1) is 9.15. The van der Waals surface area contributed by atoms with E-state index in [1.807, 2.05) is 11.3 Å². The average Bonchev–Trinajstić information content (AvgIpc) is 2.75. The van der Waals surface area contributed by atoms with Gasteiger partial charge in [0.15, 0.2) is 0 Å². The molecule has 3 atom stereocenters. The Hall–Kier alpha value is 0.620. The molecule has 1 heterocycles. The van der Waals surface area contributed by atoms with Crippen LogP contribution in [0.2, 0.25) is 0 Å². The molecule has 0 spiro atoms. The molecule has 0 aromatic carbocycles. The van der Waals surface area contributed by atoms with Crippen LogP contribution in [0.25, 0.3) is 0 Å². The first-order valence-electron chi connectivity index (χ1n) is 7.33. The summed E-state index contributed by atoms with van der Waals surface area (Å²) in [6.07, 6.45) is 6.94. The molecular weight excluding hydrogens is 386 g/mol. The third-order valence-electron chi connectivity index (χ3n) is 4.27. The minimum atomic E-state index is 0.534. The molecule has 1 nitrogen and oxygen atoms in total. The summed E-state index contributed by atoms with van der Waals surface area (Å²) in [5.74, 6) is 1.74. The highest BCUT2D eigenvalue weighted by Gasteiger charge is 2.29.